The summed E-state index contributed by atoms with van der Waals surface area (Å²) in [6, 6.07) is 4.27. The van der Waals surface area contributed by atoms with Crippen molar-refractivity contribution in [2.45, 2.75) is 26.3 Å². The van der Waals surface area contributed by atoms with Gasteiger partial charge in [-0.3, -0.25) is 4.68 Å². The highest BCUT2D eigenvalue weighted by molar-refractivity contribution is 5.90. The zero-order valence-electron chi connectivity index (χ0n) is 11.1. The van der Waals surface area contributed by atoms with E-state index in [2.05, 4.69) is 5.10 Å². The van der Waals surface area contributed by atoms with Crippen molar-refractivity contribution in [2.24, 2.45) is 0 Å². The maximum atomic E-state index is 11.0. The van der Waals surface area contributed by atoms with E-state index < -0.39 is 5.97 Å². The maximum Gasteiger partial charge on any atom is 0.335 e. The molecule has 0 saturated carbocycles. The molecule has 5 nitrogen and oxygen atoms in total. The van der Waals surface area contributed by atoms with Crippen LogP contribution in [0.3, 0.4) is 0 Å². The van der Waals surface area contributed by atoms with Gasteiger partial charge in [-0.2, -0.15) is 5.10 Å². The third-order valence-electron chi connectivity index (χ3n) is 2.77. The van der Waals surface area contributed by atoms with Crippen LogP contribution >= 0.6 is 0 Å². The van der Waals surface area contributed by atoms with Crippen LogP contribution in [-0.2, 0) is 5.54 Å². The zero-order chi connectivity index (χ0) is 14.2. The van der Waals surface area contributed by atoms with Gasteiger partial charge in [-0.1, -0.05) is 0 Å². The number of phenols is 1. The van der Waals surface area contributed by atoms with Crippen LogP contribution in [-0.4, -0.2) is 26.0 Å². The van der Waals surface area contributed by atoms with Crippen LogP contribution in [0.1, 0.15) is 31.1 Å². The molecule has 2 N–H and O–H groups in total. The molecule has 0 fully saturated rings. The van der Waals surface area contributed by atoms with Crippen molar-refractivity contribution in [1.82, 2.24) is 9.78 Å². The van der Waals surface area contributed by atoms with Gasteiger partial charge in [0.2, 0.25) is 0 Å². The largest absolute Gasteiger partial charge is 0.508 e. The van der Waals surface area contributed by atoms with Crippen LogP contribution in [0.2, 0.25) is 0 Å². The summed E-state index contributed by atoms with van der Waals surface area (Å²) in [5.74, 6) is -1.14. The molecule has 0 atom stereocenters. The quantitative estimate of drug-likeness (QED) is 0.870. The number of carboxylic acid groups (broad SMARTS) is 1. The lowest BCUT2D eigenvalue weighted by Crippen LogP contribution is -2.21. The predicted molar refractivity (Wildman–Crippen MR) is 71.3 cm³/mol. The summed E-state index contributed by atoms with van der Waals surface area (Å²) in [6.45, 7) is 6.07. The van der Waals surface area contributed by atoms with E-state index in [1.54, 1.807) is 10.9 Å². The van der Waals surface area contributed by atoms with E-state index in [9.17, 15) is 9.90 Å². The first kappa shape index (κ1) is 13.1. The Morgan fingerprint density at radius 1 is 1.21 bits per heavy atom. The highest BCUT2D eigenvalue weighted by Crippen LogP contribution is 2.26. The van der Waals surface area contributed by atoms with E-state index in [4.69, 9.17) is 5.11 Å². The molecule has 0 aliphatic heterocycles. The third-order valence-corrected chi connectivity index (χ3v) is 2.77. The molecule has 0 saturated heterocycles. The molecule has 2 aromatic rings. The Labute approximate surface area is 111 Å². The minimum absolute atomic E-state index is 0.0542. The highest BCUT2D eigenvalue weighted by atomic mass is 16.4. The van der Waals surface area contributed by atoms with Crippen molar-refractivity contribution >= 4 is 5.97 Å². The van der Waals surface area contributed by atoms with E-state index in [0.717, 1.165) is 5.56 Å². The van der Waals surface area contributed by atoms with Crippen molar-refractivity contribution in [3.05, 3.63) is 36.2 Å². The lowest BCUT2D eigenvalue weighted by Gasteiger charge is -2.18. The van der Waals surface area contributed by atoms with Crippen LogP contribution in [0, 0.1) is 0 Å². The molecule has 1 heterocycles. The molecule has 0 aliphatic rings. The molecule has 0 aliphatic carbocycles. The predicted octanol–water partition coefficient (Wildman–Crippen LogP) is 2.71. The average molecular weight is 260 g/mol. The molecule has 0 bridgehead atoms. The first-order valence-corrected chi connectivity index (χ1v) is 5.90. The first-order valence-electron chi connectivity index (χ1n) is 5.90. The fourth-order valence-corrected chi connectivity index (χ4v) is 1.74. The fourth-order valence-electron chi connectivity index (χ4n) is 1.74. The minimum atomic E-state index is -1.07. The Morgan fingerprint density at radius 2 is 1.89 bits per heavy atom. The smallest absolute Gasteiger partial charge is 0.335 e. The van der Waals surface area contributed by atoms with Crippen LogP contribution in [0.15, 0.2) is 30.6 Å². The van der Waals surface area contributed by atoms with Gasteiger partial charge in [0.15, 0.2) is 0 Å². The third kappa shape index (κ3) is 2.76. The normalized spacial score (nSPS) is 11.5. The molecule has 0 spiro atoms. The molecule has 1 aromatic heterocycles. The van der Waals surface area contributed by atoms with Gasteiger partial charge >= 0.3 is 5.97 Å². The summed E-state index contributed by atoms with van der Waals surface area (Å²) in [5.41, 5.74) is 1.31. The first-order chi connectivity index (χ1) is 8.77. The van der Waals surface area contributed by atoms with Gasteiger partial charge in [0.1, 0.15) is 5.75 Å². The number of benzene rings is 1. The van der Waals surface area contributed by atoms with Gasteiger partial charge in [0.25, 0.3) is 0 Å². The number of nitrogens with zero attached hydrogens (tertiary/aromatic N) is 2. The topological polar surface area (TPSA) is 75.4 Å². The second-order valence-electron chi connectivity index (χ2n) is 5.42. The number of aromatic nitrogens is 2. The minimum Gasteiger partial charge on any atom is -0.508 e. The highest BCUT2D eigenvalue weighted by Gasteiger charge is 2.15. The molecule has 5 heteroatoms. The number of carboxylic acids is 1. The summed E-state index contributed by atoms with van der Waals surface area (Å²) < 4.78 is 1.80. The summed E-state index contributed by atoms with van der Waals surface area (Å²) >= 11 is 0. The maximum absolute atomic E-state index is 11.0. The van der Waals surface area contributed by atoms with Gasteiger partial charge in [-0.05, 0) is 44.5 Å². The van der Waals surface area contributed by atoms with E-state index in [-0.39, 0.29) is 16.9 Å². The molecule has 100 valence electrons. The number of phenolic OH excluding ortho intramolecular Hbond substituents is 1. The Morgan fingerprint density at radius 3 is 2.42 bits per heavy atom. The van der Waals surface area contributed by atoms with E-state index >= 15 is 0 Å². The standard InChI is InChI=1S/C14H16N2O3/c1-14(2,3)16-8-11(7-15-16)9-4-10(13(18)19)6-12(17)5-9/h4-8,17H,1-3H3,(H,18,19). The Bertz CT molecular complexity index is 624. The van der Waals surface area contributed by atoms with Crippen LogP contribution in [0.5, 0.6) is 5.75 Å². The molecule has 0 radical (unpaired) electrons. The lowest BCUT2D eigenvalue weighted by molar-refractivity contribution is 0.0696. The van der Waals surface area contributed by atoms with E-state index in [1.165, 1.54) is 18.2 Å². The molecule has 0 amide bonds. The number of aromatic hydroxyl groups is 1. The van der Waals surface area contributed by atoms with E-state index in [0.29, 0.717) is 5.56 Å². The zero-order valence-corrected chi connectivity index (χ0v) is 11.1. The number of carbonyl (C=O) groups is 1. The van der Waals surface area contributed by atoms with Gasteiger partial charge < -0.3 is 10.2 Å². The van der Waals surface area contributed by atoms with Crippen molar-refractivity contribution in [2.75, 3.05) is 0 Å². The number of hydrogen-bond donors (Lipinski definition) is 2. The van der Waals surface area contributed by atoms with Crippen LogP contribution < -0.4 is 0 Å². The van der Waals surface area contributed by atoms with Crippen molar-refractivity contribution < 1.29 is 15.0 Å². The second-order valence-corrected chi connectivity index (χ2v) is 5.42. The SMILES string of the molecule is CC(C)(C)n1cc(-c2cc(O)cc(C(=O)O)c2)cn1. The molecule has 0 unspecified atom stereocenters. The summed E-state index contributed by atoms with van der Waals surface area (Å²) in [7, 11) is 0. The van der Waals surface area contributed by atoms with Crippen molar-refractivity contribution in [1.29, 1.82) is 0 Å². The van der Waals surface area contributed by atoms with Crippen LogP contribution in [0.4, 0.5) is 0 Å². The number of rotatable bonds is 2. The Hall–Kier alpha value is -2.30. The van der Waals surface area contributed by atoms with Gasteiger partial charge in [-0.15, -0.1) is 0 Å². The Balaban J connectivity index is 2.47. The number of hydrogen-bond acceptors (Lipinski definition) is 3. The second kappa shape index (κ2) is 4.42. The molecule has 2 rings (SSSR count). The van der Waals surface area contributed by atoms with Crippen LogP contribution in [0.25, 0.3) is 11.1 Å². The van der Waals surface area contributed by atoms with Gasteiger partial charge in [0, 0.05) is 11.8 Å². The lowest BCUT2D eigenvalue weighted by atomic mass is 10.1. The van der Waals surface area contributed by atoms with E-state index in [1.807, 2.05) is 27.0 Å². The molecule has 1 aromatic carbocycles. The fraction of sp³-hybridized carbons (Fsp3) is 0.286. The van der Waals surface area contributed by atoms with Crippen molar-refractivity contribution in [3.63, 3.8) is 0 Å². The number of aromatic carboxylic acids is 1. The van der Waals surface area contributed by atoms with Gasteiger partial charge in [0.05, 0.1) is 17.3 Å². The summed E-state index contributed by atoms with van der Waals surface area (Å²) in [6.07, 6.45) is 3.49. The average Bonchev–Trinajstić information content (AvgIpc) is 2.76. The molecular formula is C14H16N2O3. The molecule has 19 heavy (non-hydrogen) atoms. The van der Waals surface area contributed by atoms with Crippen molar-refractivity contribution in [3.8, 4) is 16.9 Å². The summed E-state index contributed by atoms with van der Waals surface area (Å²) in [4.78, 5) is 11.0. The monoisotopic (exact) mass is 260 g/mol. The summed E-state index contributed by atoms with van der Waals surface area (Å²) in [5, 5.41) is 22.8. The van der Waals surface area contributed by atoms with Gasteiger partial charge in [-0.25, -0.2) is 4.79 Å². The molecular weight excluding hydrogens is 244 g/mol. The Kier molecular flexibility index (Phi) is 3.06.